The largest absolute Gasteiger partial charge is 0.495 e. The van der Waals surface area contributed by atoms with E-state index in [4.69, 9.17) is 28.6 Å². The molecule has 2 aromatic rings. The highest BCUT2D eigenvalue weighted by molar-refractivity contribution is 7.80. The molecular formula is C20H24ClN3OS. The molecule has 0 radical (unpaired) electrons. The van der Waals surface area contributed by atoms with E-state index in [0.29, 0.717) is 21.9 Å². The molecule has 6 heteroatoms. The number of methoxy groups -OCH3 is 1. The molecule has 0 amide bonds. The van der Waals surface area contributed by atoms with Crippen molar-refractivity contribution in [2.45, 2.75) is 25.8 Å². The van der Waals surface area contributed by atoms with Crippen LogP contribution in [0.1, 0.15) is 18.9 Å². The van der Waals surface area contributed by atoms with E-state index in [-0.39, 0.29) is 0 Å². The second-order valence-electron chi connectivity index (χ2n) is 6.46. The fraction of sp³-hybridized carbons (Fsp3) is 0.350. The van der Waals surface area contributed by atoms with Crippen LogP contribution in [0.2, 0.25) is 5.02 Å². The van der Waals surface area contributed by atoms with Gasteiger partial charge in [-0.15, -0.1) is 0 Å². The Morgan fingerprint density at radius 2 is 2.12 bits per heavy atom. The van der Waals surface area contributed by atoms with Crippen LogP contribution in [-0.2, 0) is 6.42 Å². The lowest BCUT2D eigenvalue weighted by molar-refractivity contribution is 0.415. The quantitative estimate of drug-likeness (QED) is 0.562. The number of nitrogens with zero attached hydrogens (tertiary/aromatic N) is 1. The minimum atomic E-state index is 0.555. The smallest absolute Gasteiger partial charge is 0.170 e. The number of hydrogen-bond acceptors (Lipinski definition) is 3. The van der Waals surface area contributed by atoms with Gasteiger partial charge in [0.05, 0.1) is 12.1 Å². The van der Waals surface area contributed by atoms with Crippen LogP contribution in [0.4, 0.5) is 11.4 Å². The molecule has 138 valence electrons. The third-order valence-corrected chi connectivity index (χ3v) is 5.16. The molecule has 1 aliphatic heterocycles. The summed E-state index contributed by atoms with van der Waals surface area (Å²) < 4.78 is 5.15. The first-order valence-electron chi connectivity index (χ1n) is 8.81. The highest BCUT2D eigenvalue weighted by atomic mass is 35.5. The number of anilines is 2. The molecule has 0 aromatic heterocycles. The van der Waals surface area contributed by atoms with Crippen molar-refractivity contribution in [1.29, 1.82) is 0 Å². The summed E-state index contributed by atoms with van der Waals surface area (Å²) in [6, 6.07) is 14.7. The molecule has 1 heterocycles. The summed E-state index contributed by atoms with van der Waals surface area (Å²) in [5.41, 5.74) is 3.66. The topological polar surface area (TPSA) is 36.5 Å². The maximum absolute atomic E-state index is 6.13. The Labute approximate surface area is 165 Å². The van der Waals surface area contributed by atoms with Gasteiger partial charge in [0, 0.05) is 30.5 Å². The summed E-state index contributed by atoms with van der Waals surface area (Å²) in [7, 11) is 1.60. The maximum atomic E-state index is 6.13. The predicted octanol–water partition coefficient (Wildman–Crippen LogP) is 4.48. The second kappa shape index (κ2) is 8.60. The van der Waals surface area contributed by atoms with E-state index in [0.717, 1.165) is 31.6 Å². The van der Waals surface area contributed by atoms with E-state index >= 15 is 0 Å². The van der Waals surface area contributed by atoms with Crippen molar-refractivity contribution < 1.29 is 4.74 Å². The van der Waals surface area contributed by atoms with E-state index in [9.17, 15) is 0 Å². The molecule has 0 bridgehead atoms. The van der Waals surface area contributed by atoms with E-state index in [1.54, 1.807) is 13.2 Å². The summed E-state index contributed by atoms with van der Waals surface area (Å²) in [6.07, 6.45) is 2.14. The number of nitrogens with one attached hydrogen (secondary N) is 2. The highest BCUT2D eigenvalue weighted by Crippen LogP contribution is 2.31. The van der Waals surface area contributed by atoms with Gasteiger partial charge in [-0.3, -0.25) is 0 Å². The van der Waals surface area contributed by atoms with Gasteiger partial charge in [-0.1, -0.05) is 29.8 Å². The monoisotopic (exact) mass is 389 g/mol. The Hall–Kier alpha value is -1.98. The van der Waals surface area contributed by atoms with Crippen molar-refractivity contribution in [1.82, 2.24) is 5.32 Å². The summed E-state index contributed by atoms with van der Waals surface area (Å²) in [5, 5.41) is 7.57. The van der Waals surface area contributed by atoms with Crippen LogP contribution in [0.5, 0.6) is 5.75 Å². The molecule has 0 fully saturated rings. The van der Waals surface area contributed by atoms with Crippen molar-refractivity contribution in [2.75, 3.05) is 30.4 Å². The zero-order chi connectivity index (χ0) is 18.5. The SMILES string of the molecule is COc1ccc(NC(=S)NCCCN2c3ccccc3C[C@@H]2C)cc1Cl. The first-order valence-corrected chi connectivity index (χ1v) is 9.60. The zero-order valence-corrected chi connectivity index (χ0v) is 16.7. The number of para-hydroxylation sites is 1. The molecule has 3 rings (SSSR count). The van der Waals surface area contributed by atoms with Gasteiger partial charge in [0.1, 0.15) is 5.75 Å². The average molecular weight is 390 g/mol. The predicted molar refractivity (Wildman–Crippen MR) is 114 cm³/mol. The van der Waals surface area contributed by atoms with Crippen LogP contribution in [0, 0.1) is 0 Å². The number of thiocarbonyl (C=S) groups is 1. The third-order valence-electron chi connectivity index (χ3n) is 4.62. The minimum Gasteiger partial charge on any atom is -0.495 e. The lowest BCUT2D eigenvalue weighted by Crippen LogP contribution is -2.34. The molecular weight excluding hydrogens is 366 g/mol. The molecule has 0 unspecified atom stereocenters. The minimum absolute atomic E-state index is 0.555. The lowest BCUT2D eigenvalue weighted by Gasteiger charge is -2.25. The molecule has 26 heavy (non-hydrogen) atoms. The van der Waals surface area contributed by atoms with Crippen LogP contribution in [0.15, 0.2) is 42.5 Å². The zero-order valence-electron chi connectivity index (χ0n) is 15.1. The Bertz CT molecular complexity index is 783. The number of halogens is 1. The van der Waals surface area contributed by atoms with E-state index < -0.39 is 0 Å². The number of benzene rings is 2. The van der Waals surface area contributed by atoms with Crippen molar-refractivity contribution in [3.63, 3.8) is 0 Å². The van der Waals surface area contributed by atoms with Gasteiger partial charge in [0.15, 0.2) is 5.11 Å². The summed E-state index contributed by atoms with van der Waals surface area (Å²) >= 11 is 11.5. The van der Waals surface area contributed by atoms with Crippen LogP contribution < -0.4 is 20.3 Å². The van der Waals surface area contributed by atoms with E-state index in [1.165, 1.54) is 11.3 Å². The lowest BCUT2D eigenvalue weighted by atomic mass is 10.1. The molecule has 2 aromatic carbocycles. The van der Waals surface area contributed by atoms with Crippen LogP contribution in [-0.4, -0.2) is 31.4 Å². The van der Waals surface area contributed by atoms with Crippen LogP contribution in [0.3, 0.4) is 0 Å². The average Bonchev–Trinajstić information content (AvgIpc) is 2.94. The standard InChI is InChI=1S/C20H24ClN3OS/c1-14-12-15-6-3-4-7-18(15)24(14)11-5-10-22-20(26)23-16-8-9-19(25-2)17(21)13-16/h3-4,6-9,13-14H,5,10-12H2,1-2H3,(H2,22,23,26)/t14-/m0/s1. The fourth-order valence-electron chi connectivity index (χ4n) is 3.34. The van der Waals surface area contributed by atoms with E-state index in [2.05, 4.69) is 46.7 Å². The van der Waals surface area contributed by atoms with Crippen LogP contribution in [0.25, 0.3) is 0 Å². The summed E-state index contributed by atoms with van der Waals surface area (Å²) in [6.45, 7) is 4.12. The maximum Gasteiger partial charge on any atom is 0.170 e. The van der Waals surface area contributed by atoms with Gasteiger partial charge in [-0.05, 0) is 61.8 Å². The molecule has 0 saturated carbocycles. The first kappa shape index (κ1) is 18.8. The second-order valence-corrected chi connectivity index (χ2v) is 7.27. The van der Waals surface area contributed by atoms with Crippen molar-refractivity contribution in [3.8, 4) is 5.75 Å². The Balaban J connectivity index is 1.44. The number of rotatable bonds is 6. The molecule has 0 aliphatic carbocycles. The fourth-order valence-corrected chi connectivity index (χ4v) is 3.82. The van der Waals surface area contributed by atoms with Crippen molar-refractivity contribution in [2.24, 2.45) is 0 Å². The highest BCUT2D eigenvalue weighted by Gasteiger charge is 2.24. The van der Waals surface area contributed by atoms with Crippen LogP contribution >= 0.6 is 23.8 Å². The number of ether oxygens (including phenoxy) is 1. The first-order chi connectivity index (χ1) is 12.6. The Kier molecular flexibility index (Phi) is 6.22. The molecule has 1 aliphatic rings. The number of hydrogen-bond donors (Lipinski definition) is 2. The van der Waals surface area contributed by atoms with Gasteiger partial charge < -0.3 is 20.3 Å². The Morgan fingerprint density at radius 1 is 1.31 bits per heavy atom. The molecule has 0 spiro atoms. The van der Waals surface area contributed by atoms with Crippen molar-refractivity contribution >= 4 is 40.3 Å². The van der Waals surface area contributed by atoms with Gasteiger partial charge in [0.25, 0.3) is 0 Å². The molecule has 0 saturated heterocycles. The summed E-state index contributed by atoms with van der Waals surface area (Å²) in [5.74, 6) is 0.649. The van der Waals surface area contributed by atoms with Gasteiger partial charge in [0.2, 0.25) is 0 Å². The van der Waals surface area contributed by atoms with E-state index in [1.807, 2.05) is 12.1 Å². The Morgan fingerprint density at radius 3 is 2.88 bits per heavy atom. The summed E-state index contributed by atoms with van der Waals surface area (Å²) in [4.78, 5) is 2.48. The van der Waals surface area contributed by atoms with Gasteiger partial charge in [-0.25, -0.2) is 0 Å². The number of fused-ring (bicyclic) bond motifs is 1. The van der Waals surface area contributed by atoms with Gasteiger partial charge >= 0.3 is 0 Å². The molecule has 4 nitrogen and oxygen atoms in total. The normalized spacial score (nSPS) is 15.5. The third kappa shape index (κ3) is 4.40. The molecule has 2 N–H and O–H groups in total. The van der Waals surface area contributed by atoms with Crippen molar-refractivity contribution in [3.05, 3.63) is 53.1 Å². The van der Waals surface area contributed by atoms with Gasteiger partial charge in [-0.2, -0.15) is 0 Å². The molecule has 1 atom stereocenters.